The Hall–Kier alpha value is -2.14. The van der Waals surface area contributed by atoms with E-state index in [0.29, 0.717) is 0 Å². The van der Waals surface area contributed by atoms with Gasteiger partial charge >= 0.3 is 17.9 Å². The van der Waals surface area contributed by atoms with Crippen molar-refractivity contribution in [2.24, 2.45) is 5.11 Å². The second kappa shape index (κ2) is 10.2. The Labute approximate surface area is 177 Å². The Morgan fingerprint density at radius 2 is 1.57 bits per heavy atom. The summed E-state index contributed by atoms with van der Waals surface area (Å²) in [5.74, 6) is -1.91. The molecule has 1 aliphatic heterocycles. The molecule has 0 spiro atoms. The van der Waals surface area contributed by atoms with Gasteiger partial charge in [-0.1, -0.05) is 25.9 Å². The third-order valence-electron chi connectivity index (χ3n) is 5.07. The van der Waals surface area contributed by atoms with Crippen molar-refractivity contribution in [1.29, 1.82) is 0 Å². The van der Waals surface area contributed by atoms with E-state index in [9.17, 15) is 14.4 Å². The van der Waals surface area contributed by atoms with E-state index in [1.807, 2.05) is 33.9 Å². The number of rotatable bonds is 7. The maximum atomic E-state index is 11.8. The van der Waals surface area contributed by atoms with Crippen LogP contribution >= 0.6 is 0 Å². The zero-order valence-corrected chi connectivity index (χ0v) is 19.7. The molecule has 1 heterocycles. The highest BCUT2D eigenvalue weighted by Crippen LogP contribution is 2.40. The van der Waals surface area contributed by atoms with Crippen LogP contribution in [0, 0.1) is 0 Å². The maximum absolute atomic E-state index is 11.8. The van der Waals surface area contributed by atoms with Crippen LogP contribution in [0.2, 0.25) is 18.1 Å². The van der Waals surface area contributed by atoms with Gasteiger partial charge in [0.05, 0.1) is 0 Å². The number of esters is 3. The lowest BCUT2D eigenvalue weighted by atomic mass is 9.97. The van der Waals surface area contributed by atoms with Gasteiger partial charge in [-0.15, -0.1) is 0 Å². The van der Waals surface area contributed by atoms with Gasteiger partial charge in [-0.3, -0.25) is 14.4 Å². The average Bonchev–Trinajstić information content (AvgIpc) is 2.56. The van der Waals surface area contributed by atoms with Crippen molar-refractivity contribution >= 4 is 26.2 Å². The molecule has 0 bridgehead atoms. The molecule has 0 saturated carbocycles. The van der Waals surface area contributed by atoms with E-state index in [1.54, 1.807) is 0 Å². The van der Waals surface area contributed by atoms with E-state index in [0.717, 1.165) is 0 Å². The molecule has 0 amide bonds. The molecule has 0 aromatic carbocycles. The zero-order chi connectivity index (χ0) is 23.3. The molecule has 1 aliphatic rings. The number of carbonyl (C=O) groups is 3. The molecule has 30 heavy (non-hydrogen) atoms. The first-order valence-corrected chi connectivity index (χ1v) is 12.5. The summed E-state index contributed by atoms with van der Waals surface area (Å²) in [4.78, 5) is 37.6. The third-order valence-corrected chi connectivity index (χ3v) is 9.51. The van der Waals surface area contributed by atoms with E-state index < -0.39 is 56.9 Å². The van der Waals surface area contributed by atoms with Gasteiger partial charge < -0.3 is 23.4 Å². The standard InChI is InChI=1S/C18H31N3O8Si/c1-10(22)25-9-13-15(26-11(2)23)16(27-12(3)24)14(20-21-19)17(28-13)29-30(7,8)18(4,5)6/h13-17H,9H2,1-8H3/t13-,14-,15-,16-,17?/m1/s1. The summed E-state index contributed by atoms with van der Waals surface area (Å²) in [5.41, 5.74) is 9.10. The summed E-state index contributed by atoms with van der Waals surface area (Å²) < 4.78 is 28.0. The fraction of sp³-hybridized carbons (Fsp3) is 0.833. The molecule has 1 fully saturated rings. The van der Waals surface area contributed by atoms with Crippen molar-refractivity contribution in [3.63, 3.8) is 0 Å². The minimum absolute atomic E-state index is 0.202. The minimum atomic E-state index is -2.43. The molecular weight excluding hydrogens is 414 g/mol. The van der Waals surface area contributed by atoms with Crippen LogP contribution < -0.4 is 0 Å². The summed E-state index contributed by atoms with van der Waals surface area (Å²) in [6.07, 6.45) is -4.45. The topological polar surface area (TPSA) is 146 Å². The third kappa shape index (κ3) is 6.98. The Balaban J connectivity index is 3.41. The van der Waals surface area contributed by atoms with Gasteiger partial charge in [0.15, 0.2) is 26.8 Å². The molecule has 0 aromatic rings. The quantitative estimate of drug-likeness (QED) is 0.145. The molecule has 0 aromatic heterocycles. The number of azide groups is 1. The lowest BCUT2D eigenvalue weighted by Crippen LogP contribution is -2.63. The Bertz CT molecular complexity index is 702. The number of nitrogens with zero attached hydrogens (tertiary/aromatic N) is 3. The smallest absolute Gasteiger partial charge is 0.303 e. The summed E-state index contributed by atoms with van der Waals surface area (Å²) >= 11 is 0. The van der Waals surface area contributed by atoms with Crippen molar-refractivity contribution in [2.75, 3.05) is 6.61 Å². The molecule has 170 valence electrons. The maximum Gasteiger partial charge on any atom is 0.303 e. The molecule has 0 N–H and O–H groups in total. The van der Waals surface area contributed by atoms with Crippen molar-refractivity contribution in [3.05, 3.63) is 10.4 Å². The number of ether oxygens (including phenoxy) is 4. The predicted molar refractivity (Wildman–Crippen MR) is 108 cm³/mol. The number of carbonyl (C=O) groups excluding carboxylic acids is 3. The van der Waals surface area contributed by atoms with Crippen molar-refractivity contribution < 1.29 is 37.8 Å². The second-order valence-electron chi connectivity index (χ2n) is 8.57. The SMILES string of the molecule is CC(=O)OC[C@H]1OC(O[Si](C)(C)C(C)(C)C)[C@H](N=[N+]=[N-])[C@@H](OC(C)=O)[C@@H]1OC(C)=O. The summed E-state index contributed by atoms with van der Waals surface area (Å²) in [6, 6.07) is -1.12. The zero-order valence-electron chi connectivity index (χ0n) is 18.7. The molecule has 11 nitrogen and oxygen atoms in total. The van der Waals surface area contributed by atoms with E-state index in [4.69, 9.17) is 28.9 Å². The van der Waals surface area contributed by atoms with E-state index in [-0.39, 0.29) is 11.6 Å². The Morgan fingerprint density at radius 3 is 2.00 bits per heavy atom. The van der Waals surface area contributed by atoms with Crippen LogP contribution in [0.5, 0.6) is 0 Å². The summed E-state index contributed by atoms with van der Waals surface area (Å²) in [5, 5.41) is 3.53. The monoisotopic (exact) mass is 445 g/mol. The van der Waals surface area contributed by atoms with Gasteiger partial charge in [-0.2, -0.15) is 0 Å². The molecule has 0 radical (unpaired) electrons. The highest BCUT2D eigenvalue weighted by molar-refractivity contribution is 6.74. The van der Waals surface area contributed by atoms with Gasteiger partial charge in [0.1, 0.15) is 18.8 Å². The first kappa shape index (κ1) is 25.9. The number of hydrogen-bond donors (Lipinski definition) is 0. The largest absolute Gasteiger partial charge is 0.463 e. The van der Waals surface area contributed by atoms with Crippen LogP contribution in [0.4, 0.5) is 0 Å². The summed E-state index contributed by atoms with van der Waals surface area (Å²) in [7, 11) is -2.43. The van der Waals surface area contributed by atoms with Gasteiger partial charge in [0.25, 0.3) is 0 Å². The minimum Gasteiger partial charge on any atom is -0.463 e. The fourth-order valence-electron chi connectivity index (χ4n) is 2.63. The first-order valence-electron chi connectivity index (χ1n) is 9.55. The van der Waals surface area contributed by atoms with Crippen LogP contribution in [0.1, 0.15) is 41.5 Å². The lowest BCUT2D eigenvalue weighted by molar-refractivity contribution is -0.255. The molecule has 12 heteroatoms. The van der Waals surface area contributed by atoms with Crippen molar-refractivity contribution in [3.8, 4) is 0 Å². The average molecular weight is 446 g/mol. The van der Waals surface area contributed by atoms with Crippen LogP contribution in [0.25, 0.3) is 10.4 Å². The lowest BCUT2D eigenvalue weighted by Gasteiger charge is -2.47. The molecule has 1 unspecified atom stereocenters. The molecule has 1 saturated heterocycles. The van der Waals surface area contributed by atoms with Crippen LogP contribution in [0.3, 0.4) is 0 Å². The second-order valence-corrected chi connectivity index (χ2v) is 13.3. The molecule has 0 aliphatic carbocycles. The van der Waals surface area contributed by atoms with Gasteiger partial charge in [-0.25, -0.2) is 0 Å². The summed E-state index contributed by atoms with van der Waals surface area (Å²) in [6.45, 7) is 13.3. The van der Waals surface area contributed by atoms with Crippen LogP contribution in [-0.2, 0) is 37.8 Å². The normalized spacial score (nSPS) is 26.9. The molecule has 5 atom stereocenters. The Morgan fingerprint density at radius 1 is 1.03 bits per heavy atom. The van der Waals surface area contributed by atoms with Crippen LogP contribution in [0.15, 0.2) is 5.11 Å². The number of hydrogen-bond acceptors (Lipinski definition) is 9. The fourth-order valence-corrected chi connectivity index (χ4v) is 3.76. The van der Waals surface area contributed by atoms with E-state index in [1.165, 1.54) is 20.8 Å². The van der Waals surface area contributed by atoms with Gasteiger partial charge in [0.2, 0.25) is 0 Å². The van der Waals surface area contributed by atoms with E-state index in [2.05, 4.69) is 10.0 Å². The van der Waals surface area contributed by atoms with Gasteiger partial charge in [-0.05, 0) is 23.7 Å². The Kier molecular flexibility index (Phi) is 8.85. The van der Waals surface area contributed by atoms with Gasteiger partial charge in [0, 0.05) is 25.7 Å². The highest BCUT2D eigenvalue weighted by atomic mass is 28.4. The van der Waals surface area contributed by atoms with Crippen molar-refractivity contribution in [1.82, 2.24) is 0 Å². The highest BCUT2D eigenvalue weighted by Gasteiger charge is 2.53. The van der Waals surface area contributed by atoms with E-state index >= 15 is 0 Å². The van der Waals surface area contributed by atoms with Crippen LogP contribution in [-0.4, -0.2) is 63.5 Å². The molecular formula is C18H31N3O8Si. The molecule has 1 rings (SSSR count). The first-order chi connectivity index (χ1) is 13.7. The van der Waals surface area contributed by atoms with Crippen molar-refractivity contribution in [2.45, 2.75) is 90.3 Å². The predicted octanol–water partition coefficient (Wildman–Crippen LogP) is 2.84.